The van der Waals surface area contributed by atoms with E-state index in [1.54, 1.807) is 0 Å². The minimum absolute atomic E-state index is 1.06. The largest absolute Gasteiger partial charge is 0.309 e. The first-order chi connectivity index (χ1) is 26.4. The van der Waals surface area contributed by atoms with Crippen molar-refractivity contribution in [2.24, 2.45) is 0 Å². The molecule has 54 heavy (non-hydrogen) atoms. The van der Waals surface area contributed by atoms with E-state index in [9.17, 15) is 0 Å². The predicted molar refractivity (Wildman–Crippen MR) is 233 cm³/mol. The van der Waals surface area contributed by atoms with E-state index in [1.165, 1.54) is 105 Å². The summed E-state index contributed by atoms with van der Waals surface area (Å²) >= 11 is 0. The molecule has 1 aliphatic rings. The van der Waals surface area contributed by atoms with Gasteiger partial charge >= 0.3 is 0 Å². The molecule has 0 bridgehead atoms. The quantitative estimate of drug-likeness (QED) is 0.160. The molecule has 0 saturated heterocycles. The van der Waals surface area contributed by atoms with E-state index in [0.717, 1.165) is 18.5 Å². The average Bonchev–Trinajstić information content (AvgIpc) is 3.20. The third-order valence-corrected chi connectivity index (χ3v) is 11.6. The molecule has 0 fully saturated rings. The summed E-state index contributed by atoms with van der Waals surface area (Å²) < 4.78 is 0. The first kappa shape index (κ1) is 32.3. The number of rotatable bonds is 6. The summed E-state index contributed by atoms with van der Waals surface area (Å²) in [7, 11) is 0. The molecule has 10 rings (SSSR count). The summed E-state index contributed by atoms with van der Waals surface area (Å²) in [6, 6.07) is 54.5. The topological polar surface area (TPSA) is 6.48 Å². The zero-order chi connectivity index (χ0) is 36.5. The molecule has 0 radical (unpaired) electrons. The van der Waals surface area contributed by atoms with Gasteiger partial charge in [-0.2, -0.15) is 0 Å². The zero-order valence-corrected chi connectivity index (χ0v) is 31.3. The van der Waals surface area contributed by atoms with Crippen LogP contribution in [0.5, 0.6) is 0 Å². The Morgan fingerprint density at radius 2 is 0.944 bits per heavy atom. The van der Waals surface area contributed by atoms with Gasteiger partial charge in [-0.15, -0.1) is 0 Å². The molecule has 0 amide bonds. The van der Waals surface area contributed by atoms with Gasteiger partial charge in [0.1, 0.15) is 0 Å². The van der Waals surface area contributed by atoms with Crippen molar-refractivity contribution in [2.75, 3.05) is 9.80 Å². The molecule has 1 aliphatic carbocycles. The van der Waals surface area contributed by atoms with E-state index in [4.69, 9.17) is 0 Å². The van der Waals surface area contributed by atoms with Gasteiger partial charge in [-0.05, 0) is 133 Å². The number of hydrogen-bond donors (Lipinski definition) is 0. The average molecular weight is 695 g/mol. The Kier molecular flexibility index (Phi) is 7.56. The van der Waals surface area contributed by atoms with Crippen molar-refractivity contribution >= 4 is 83.3 Å². The van der Waals surface area contributed by atoms with Crippen LogP contribution >= 0.6 is 0 Å². The maximum Gasteiger partial charge on any atom is 0.0543 e. The smallest absolute Gasteiger partial charge is 0.0543 e. The molecule has 2 heteroatoms. The van der Waals surface area contributed by atoms with Gasteiger partial charge in [0.2, 0.25) is 0 Å². The Labute approximate surface area is 317 Å². The van der Waals surface area contributed by atoms with Gasteiger partial charge < -0.3 is 9.80 Å². The van der Waals surface area contributed by atoms with Crippen LogP contribution in [0.4, 0.5) is 34.1 Å². The third-order valence-electron chi connectivity index (χ3n) is 11.6. The van der Waals surface area contributed by atoms with Gasteiger partial charge in [-0.3, -0.25) is 0 Å². The maximum absolute atomic E-state index is 2.51. The standard InChI is InChI=1S/C52H42N2/c1-33-19-23-39(24-20-33)53(47-17-9-13-37-11-5-7-15-43(37)47)49-31-35(3)41-28-30-46-50(32-36(4)42-27-29-45(49)51(41)52(42)46)54(40-25-21-34(2)22-26-40)48-18-10-14-38-12-6-8-16-44(38)48/h5,7-11,13-32H,6,12H2,1-4H3. The normalized spacial score (nSPS) is 12.6. The number of hydrogen-bond acceptors (Lipinski definition) is 2. The van der Waals surface area contributed by atoms with E-state index >= 15 is 0 Å². The Balaban J connectivity index is 1.29. The minimum Gasteiger partial charge on any atom is -0.309 e. The van der Waals surface area contributed by atoms with Crippen molar-refractivity contribution in [3.8, 4) is 0 Å². The van der Waals surface area contributed by atoms with Crippen LogP contribution in [0.15, 0.2) is 152 Å². The molecule has 9 aromatic rings. The van der Waals surface area contributed by atoms with Crippen LogP contribution in [0.3, 0.4) is 0 Å². The van der Waals surface area contributed by atoms with Crippen molar-refractivity contribution in [3.63, 3.8) is 0 Å². The highest BCUT2D eigenvalue weighted by molar-refractivity contribution is 6.29. The SMILES string of the molecule is Cc1ccc(N(c2cccc3c2C=CCC3)c2cc(C)c3ccc4c(N(c5ccc(C)cc5)c5cccc6ccccc56)cc(C)c5ccc2c3c54)cc1. The Hall–Kier alpha value is -6.38. The first-order valence-corrected chi connectivity index (χ1v) is 19.2. The lowest BCUT2D eigenvalue weighted by molar-refractivity contribution is 0.984. The highest BCUT2D eigenvalue weighted by Gasteiger charge is 2.25. The van der Waals surface area contributed by atoms with Gasteiger partial charge in [0.25, 0.3) is 0 Å². The molecule has 260 valence electrons. The Morgan fingerprint density at radius 3 is 1.57 bits per heavy atom. The maximum atomic E-state index is 2.51. The van der Waals surface area contributed by atoms with Gasteiger partial charge in [-0.25, -0.2) is 0 Å². The molecule has 0 N–H and O–H groups in total. The van der Waals surface area contributed by atoms with Crippen molar-refractivity contribution in [1.82, 2.24) is 0 Å². The first-order valence-electron chi connectivity index (χ1n) is 19.2. The van der Waals surface area contributed by atoms with Crippen LogP contribution in [-0.2, 0) is 6.42 Å². The fourth-order valence-corrected chi connectivity index (χ4v) is 8.92. The zero-order valence-electron chi connectivity index (χ0n) is 31.3. The Morgan fingerprint density at radius 1 is 0.426 bits per heavy atom. The van der Waals surface area contributed by atoms with Crippen LogP contribution in [0.1, 0.15) is 39.8 Å². The minimum atomic E-state index is 1.06. The molecular formula is C52H42N2. The van der Waals surface area contributed by atoms with Gasteiger partial charge in [0, 0.05) is 33.1 Å². The van der Waals surface area contributed by atoms with Gasteiger partial charge in [0.15, 0.2) is 0 Å². The van der Waals surface area contributed by atoms with Gasteiger partial charge in [-0.1, -0.05) is 120 Å². The van der Waals surface area contributed by atoms with Gasteiger partial charge in [0.05, 0.1) is 22.7 Å². The predicted octanol–water partition coefficient (Wildman–Crippen LogP) is 14.9. The molecule has 2 nitrogen and oxygen atoms in total. The highest BCUT2D eigenvalue weighted by Crippen LogP contribution is 2.50. The molecule has 0 spiro atoms. The molecule has 0 aromatic heterocycles. The fraction of sp³-hybridized carbons (Fsp3) is 0.115. The summed E-state index contributed by atoms with van der Waals surface area (Å²) in [4.78, 5) is 4.99. The second-order valence-corrected chi connectivity index (χ2v) is 15.1. The monoisotopic (exact) mass is 694 g/mol. The number of benzene rings is 9. The summed E-state index contributed by atoms with van der Waals surface area (Å²) in [6.45, 7) is 8.89. The van der Waals surface area contributed by atoms with Crippen LogP contribution in [-0.4, -0.2) is 0 Å². The summed E-state index contributed by atoms with van der Waals surface area (Å²) in [5, 5.41) is 10.2. The molecular weight excluding hydrogens is 653 g/mol. The van der Waals surface area contributed by atoms with Crippen LogP contribution < -0.4 is 9.80 Å². The van der Waals surface area contributed by atoms with Crippen LogP contribution in [0, 0.1) is 27.7 Å². The molecule has 0 saturated carbocycles. The number of fused-ring (bicyclic) bond motifs is 2. The van der Waals surface area contributed by atoms with Crippen molar-refractivity contribution < 1.29 is 0 Å². The Bertz CT molecular complexity index is 2910. The molecule has 0 unspecified atom stereocenters. The molecule has 0 atom stereocenters. The van der Waals surface area contributed by atoms with Crippen molar-refractivity contribution in [2.45, 2.75) is 40.5 Å². The summed E-state index contributed by atoms with van der Waals surface area (Å²) in [6.07, 6.45) is 6.81. The molecule has 0 aliphatic heterocycles. The lowest BCUT2D eigenvalue weighted by Gasteiger charge is -2.32. The van der Waals surface area contributed by atoms with Crippen LogP contribution in [0.25, 0.3) is 49.2 Å². The lowest BCUT2D eigenvalue weighted by atomic mass is 9.88. The second kappa shape index (κ2) is 12.6. The second-order valence-electron chi connectivity index (χ2n) is 15.1. The lowest BCUT2D eigenvalue weighted by Crippen LogP contribution is -2.14. The van der Waals surface area contributed by atoms with E-state index in [1.807, 2.05) is 0 Å². The van der Waals surface area contributed by atoms with Crippen LogP contribution in [0.2, 0.25) is 0 Å². The number of nitrogens with zero attached hydrogens (tertiary/aromatic N) is 2. The summed E-state index contributed by atoms with van der Waals surface area (Å²) in [5.41, 5.74) is 14.9. The number of anilines is 6. The van der Waals surface area contributed by atoms with E-state index in [-0.39, 0.29) is 0 Å². The highest BCUT2D eigenvalue weighted by atomic mass is 15.2. The number of aryl methyl sites for hydroxylation is 5. The molecule has 0 heterocycles. The van der Waals surface area contributed by atoms with Crippen molar-refractivity contribution in [1.29, 1.82) is 0 Å². The third kappa shape index (κ3) is 5.09. The van der Waals surface area contributed by atoms with E-state index < -0.39 is 0 Å². The van der Waals surface area contributed by atoms with E-state index in [0.29, 0.717) is 0 Å². The fourth-order valence-electron chi connectivity index (χ4n) is 8.92. The summed E-state index contributed by atoms with van der Waals surface area (Å²) in [5.74, 6) is 0. The molecule has 9 aromatic carbocycles. The number of allylic oxidation sites excluding steroid dienone is 1. The van der Waals surface area contributed by atoms with Crippen molar-refractivity contribution in [3.05, 3.63) is 185 Å². The van der Waals surface area contributed by atoms with E-state index in [2.05, 4.69) is 195 Å².